The number of aromatic nitrogens is 1. The van der Waals surface area contributed by atoms with Crippen molar-refractivity contribution < 1.29 is 4.79 Å². The van der Waals surface area contributed by atoms with Crippen LogP contribution in [0, 0.1) is 0 Å². The maximum absolute atomic E-state index is 11.6. The first-order valence-electron chi connectivity index (χ1n) is 6.46. The molecule has 2 N–H and O–H groups in total. The van der Waals surface area contributed by atoms with Crippen molar-refractivity contribution in [1.82, 2.24) is 15.6 Å². The first-order chi connectivity index (χ1) is 8.84. The minimum Gasteiger partial charge on any atom is -0.334 e. The third kappa shape index (κ3) is 4.20. The van der Waals surface area contributed by atoms with E-state index in [0.717, 1.165) is 18.4 Å². The summed E-state index contributed by atoms with van der Waals surface area (Å²) in [6.45, 7) is 0.525. The fourth-order valence-corrected chi connectivity index (χ4v) is 2.05. The summed E-state index contributed by atoms with van der Waals surface area (Å²) in [5, 5.41) is 5.61. The monoisotopic (exact) mass is 245 g/mol. The number of hydrogen-bond donors (Lipinski definition) is 2. The average molecular weight is 245 g/mol. The molecule has 0 aliphatic heterocycles. The molecule has 0 spiro atoms. The molecule has 1 aromatic heterocycles. The van der Waals surface area contributed by atoms with Gasteiger partial charge >= 0.3 is 6.03 Å². The van der Waals surface area contributed by atoms with Gasteiger partial charge in [0.05, 0.1) is 0 Å². The third-order valence-corrected chi connectivity index (χ3v) is 3.11. The molecule has 0 unspecified atom stereocenters. The number of nitrogens with one attached hydrogen (secondary N) is 2. The zero-order chi connectivity index (χ0) is 12.6. The summed E-state index contributed by atoms with van der Waals surface area (Å²) >= 11 is 0. The quantitative estimate of drug-likeness (QED) is 0.860. The van der Waals surface area contributed by atoms with Crippen molar-refractivity contribution in [2.45, 2.75) is 38.6 Å². The Kier molecular flexibility index (Phi) is 4.76. The number of urea groups is 1. The van der Waals surface area contributed by atoms with Gasteiger partial charge in [0.15, 0.2) is 0 Å². The molecule has 1 aliphatic carbocycles. The molecule has 4 heteroatoms. The van der Waals surface area contributed by atoms with Crippen LogP contribution in [0.1, 0.15) is 37.7 Å². The van der Waals surface area contributed by atoms with Gasteiger partial charge < -0.3 is 10.6 Å². The molecule has 0 saturated heterocycles. The topological polar surface area (TPSA) is 54.0 Å². The van der Waals surface area contributed by atoms with Gasteiger partial charge in [-0.2, -0.15) is 0 Å². The normalized spacial score (nSPS) is 15.0. The Morgan fingerprint density at radius 2 is 1.94 bits per heavy atom. The van der Waals surface area contributed by atoms with E-state index in [1.165, 1.54) is 24.8 Å². The van der Waals surface area contributed by atoms with E-state index in [2.05, 4.69) is 15.6 Å². The van der Waals surface area contributed by atoms with E-state index < -0.39 is 0 Å². The fraction of sp³-hybridized carbons (Fsp3) is 0.429. The van der Waals surface area contributed by atoms with Crippen molar-refractivity contribution in [3.8, 4) is 0 Å². The molecule has 0 bridgehead atoms. The number of pyridine rings is 1. The molecule has 1 heterocycles. The first kappa shape index (κ1) is 12.6. The van der Waals surface area contributed by atoms with Crippen LogP contribution in [0.25, 0.3) is 0 Å². The summed E-state index contributed by atoms with van der Waals surface area (Å²) in [4.78, 5) is 15.5. The molecule has 18 heavy (non-hydrogen) atoms. The van der Waals surface area contributed by atoms with Crippen LogP contribution in [0.4, 0.5) is 4.79 Å². The highest BCUT2D eigenvalue weighted by Gasteiger charge is 2.05. The second kappa shape index (κ2) is 6.79. The minimum atomic E-state index is -0.148. The van der Waals surface area contributed by atoms with Crippen molar-refractivity contribution in [3.63, 3.8) is 0 Å². The lowest BCUT2D eigenvalue weighted by Gasteiger charge is -2.13. The predicted octanol–water partition coefficient (Wildman–Crippen LogP) is 2.73. The highest BCUT2D eigenvalue weighted by atomic mass is 16.2. The van der Waals surface area contributed by atoms with Gasteiger partial charge in [0.2, 0.25) is 0 Å². The smallest absolute Gasteiger partial charge is 0.319 e. The highest BCUT2D eigenvalue weighted by molar-refractivity contribution is 5.74. The molecule has 2 amide bonds. The maximum atomic E-state index is 11.6. The number of amides is 2. The standard InChI is InChI=1S/C14H19N3O/c18-14(16-10-12-4-2-1-3-5-12)17-11-13-6-8-15-9-7-13/h6-10H,1-5,11H2,(H2,16,17,18). The second-order valence-corrected chi connectivity index (χ2v) is 4.55. The van der Waals surface area contributed by atoms with Gasteiger partial charge in [0.1, 0.15) is 0 Å². The summed E-state index contributed by atoms with van der Waals surface area (Å²) in [6, 6.07) is 3.63. The molecule has 1 aromatic rings. The first-order valence-corrected chi connectivity index (χ1v) is 6.46. The summed E-state index contributed by atoms with van der Waals surface area (Å²) in [6.07, 6.45) is 11.3. The van der Waals surface area contributed by atoms with Crippen molar-refractivity contribution in [1.29, 1.82) is 0 Å². The number of carbonyl (C=O) groups excluding carboxylic acids is 1. The molecule has 4 nitrogen and oxygen atoms in total. The number of allylic oxidation sites excluding steroid dienone is 1. The Balaban J connectivity index is 1.72. The molecule has 96 valence electrons. The molecule has 0 aromatic carbocycles. The molecule has 1 saturated carbocycles. The van der Waals surface area contributed by atoms with Gasteiger partial charge in [0, 0.05) is 25.1 Å². The van der Waals surface area contributed by atoms with Gasteiger partial charge in [-0.3, -0.25) is 4.98 Å². The van der Waals surface area contributed by atoms with E-state index in [9.17, 15) is 4.79 Å². The van der Waals surface area contributed by atoms with Crippen LogP contribution < -0.4 is 10.6 Å². The molecule has 0 atom stereocenters. The largest absolute Gasteiger partial charge is 0.334 e. The fourth-order valence-electron chi connectivity index (χ4n) is 2.05. The molecular formula is C14H19N3O. The lowest BCUT2D eigenvalue weighted by Crippen LogP contribution is -2.32. The number of rotatable bonds is 3. The van der Waals surface area contributed by atoms with E-state index in [-0.39, 0.29) is 6.03 Å². The SMILES string of the molecule is O=C(NC=C1CCCCC1)NCc1ccncc1. The summed E-state index contributed by atoms with van der Waals surface area (Å²) in [7, 11) is 0. The van der Waals surface area contributed by atoms with Crippen LogP contribution in [0.5, 0.6) is 0 Å². The van der Waals surface area contributed by atoms with Gasteiger partial charge in [-0.05, 0) is 43.4 Å². The number of carbonyl (C=O) groups is 1. The minimum absolute atomic E-state index is 0.148. The molecule has 1 aliphatic rings. The Morgan fingerprint density at radius 1 is 1.22 bits per heavy atom. The van der Waals surface area contributed by atoms with Gasteiger partial charge in [0.25, 0.3) is 0 Å². The predicted molar refractivity (Wildman–Crippen MR) is 70.8 cm³/mol. The van der Waals surface area contributed by atoms with Crippen LogP contribution in [0.2, 0.25) is 0 Å². The summed E-state index contributed by atoms with van der Waals surface area (Å²) < 4.78 is 0. The van der Waals surface area contributed by atoms with Gasteiger partial charge in [-0.25, -0.2) is 4.79 Å². The van der Waals surface area contributed by atoms with E-state index in [0.29, 0.717) is 6.54 Å². The van der Waals surface area contributed by atoms with Gasteiger partial charge in [-0.15, -0.1) is 0 Å². The second-order valence-electron chi connectivity index (χ2n) is 4.55. The Bertz CT molecular complexity index is 406. The van der Waals surface area contributed by atoms with Crippen molar-refractivity contribution in [2.75, 3.05) is 0 Å². The van der Waals surface area contributed by atoms with Crippen LogP contribution in [-0.4, -0.2) is 11.0 Å². The molecular weight excluding hydrogens is 226 g/mol. The van der Waals surface area contributed by atoms with Crippen LogP contribution >= 0.6 is 0 Å². The molecule has 1 fully saturated rings. The maximum Gasteiger partial charge on any atom is 0.319 e. The Morgan fingerprint density at radius 3 is 2.67 bits per heavy atom. The highest BCUT2D eigenvalue weighted by Crippen LogP contribution is 2.21. The van der Waals surface area contributed by atoms with E-state index in [4.69, 9.17) is 0 Å². The van der Waals surface area contributed by atoms with E-state index in [1.807, 2.05) is 18.3 Å². The lowest BCUT2D eigenvalue weighted by atomic mass is 9.96. The Hall–Kier alpha value is -1.84. The van der Waals surface area contributed by atoms with Crippen LogP contribution in [0.15, 0.2) is 36.3 Å². The number of hydrogen-bond acceptors (Lipinski definition) is 2. The summed E-state index contributed by atoms with van der Waals surface area (Å²) in [5.41, 5.74) is 2.39. The molecule has 0 radical (unpaired) electrons. The van der Waals surface area contributed by atoms with Crippen LogP contribution in [0.3, 0.4) is 0 Å². The zero-order valence-electron chi connectivity index (χ0n) is 10.5. The lowest BCUT2D eigenvalue weighted by molar-refractivity contribution is 0.243. The average Bonchev–Trinajstić information content (AvgIpc) is 2.45. The zero-order valence-corrected chi connectivity index (χ0v) is 10.5. The Labute approximate surface area is 108 Å². The third-order valence-electron chi connectivity index (χ3n) is 3.11. The van der Waals surface area contributed by atoms with Crippen LogP contribution in [-0.2, 0) is 6.54 Å². The van der Waals surface area contributed by atoms with Crippen molar-refractivity contribution >= 4 is 6.03 Å². The number of nitrogens with zero attached hydrogens (tertiary/aromatic N) is 1. The van der Waals surface area contributed by atoms with Crippen molar-refractivity contribution in [2.24, 2.45) is 0 Å². The molecule has 2 rings (SSSR count). The van der Waals surface area contributed by atoms with E-state index >= 15 is 0 Å². The van der Waals surface area contributed by atoms with Gasteiger partial charge in [-0.1, -0.05) is 12.0 Å². The van der Waals surface area contributed by atoms with E-state index in [1.54, 1.807) is 12.4 Å². The van der Waals surface area contributed by atoms with Crippen molar-refractivity contribution in [3.05, 3.63) is 41.9 Å². The summed E-state index contributed by atoms with van der Waals surface area (Å²) in [5.74, 6) is 0.